The Bertz CT molecular complexity index is 453. The van der Waals surface area contributed by atoms with E-state index >= 15 is 0 Å². The number of carbonyl (C=O) groups is 2. The summed E-state index contributed by atoms with van der Waals surface area (Å²) in [5.74, 6) is -0.975. The number of nitrogens with zero attached hydrogens (tertiary/aromatic N) is 3. The maximum Gasteiger partial charge on any atom is 0.325 e. The minimum absolute atomic E-state index is 0.0000143. The number of aromatic nitrogens is 3. The molecule has 0 bridgehead atoms. The number of nitrogens with one attached hydrogen (secondary N) is 2. The molecule has 0 radical (unpaired) electrons. The van der Waals surface area contributed by atoms with Gasteiger partial charge in [-0.3, -0.25) is 9.59 Å². The first kappa shape index (κ1) is 13.5. The summed E-state index contributed by atoms with van der Waals surface area (Å²) in [6, 6.07) is 0. The van der Waals surface area contributed by atoms with Crippen molar-refractivity contribution in [2.75, 3.05) is 13.1 Å². The minimum Gasteiger partial charge on any atom is -0.480 e. The van der Waals surface area contributed by atoms with Gasteiger partial charge in [0.25, 0.3) is 0 Å². The van der Waals surface area contributed by atoms with E-state index in [0.717, 1.165) is 19.4 Å². The Morgan fingerprint density at radius 3 is 3.11 bits per heavy atom. The number of carboxylic acids is 1. The molecule has 3 N–H and O–H groups in total. The second kappa shape index (κ2) is 6.28. The van der Waals surface area contributed by atoms with Crippen molar-refractivity contribution in [2.24, 2.45) is 5.92 Å². The van der Waals surface area contributed by atoms with Crippen LogP contribution in [0.1, 0.15) is 18.5 Å². The van der Waals surface area contributed by atoms with Crippen molar-refractivity contribution >= 4 is 11.9 Å². The second-order valence-corrected chi connectivity index (χ2v) is 4.56. The molecule has 1 aromatic heterocycles. The zero-order chi connectivity index (χ0) is 13.7. The van der Waals surface area contributed by atoms with Crippen molar-refractivity contribution in [3.8, 4) is 0 Å². The summed E-state index contributed by atoms with van der Waals surface area (Å²) in [6.45, 7) is 1.72. The van der Waals surface area contributed by atoms with Crippen LogP contribution in [0.2, 0.25) is 0 Å². The highest BCUT2D eigenvalue weighted by molar-refractivity contribution is 5.78. The summed E-state index contributed by atoms with van der Waals surface area (Å²) < 4.78 is 1.23. The molecule has 1 aromatic rings. The number of hydrogen-bond donors (Lipinski definition) is 3. The smallest absolute Gasteiger partial charge is 0.325 e. The molecule has 1 saturated heterocycles. The van der Waals surface area contributed by atoms with Crippen molar-refractivity contribution in [3.05, 3.63) is 11.9 Å². The molecule has 8 heteroatoms. The number of hydrogen-bond acceptors (Lipinski definition) is 5. The molecular weight excluding hydrogens is 250 g/mol. The first-order valence-electron chi connectivity index (χ1n) is 6.24. The normalized spacial score (nSPS) is 19.1. The summed E-state index contributed by atoms with van der Waals surface area (Å²) in [7, 11) is 0. The molecule has 2 rings (SSSR count). The van der Waals surface area contributed by atoms with Crippen LogP contribution in [0.4, 0.5) is 0 Å². The fraction of sp³-hybridized carbons (Fsp3) is 0.636. The largest absolute Gasteiger partial charge is 0.480 e. The van der Waals surface area contributed by atoms with Gasteiger partial charge in [0.2, 0.25) is 5.91 Å². The summed E-state index contributed by atoms with van der Waals surface area (Å²) in [4.78, 5) is 22.3. The van der Waals surface area contributed by atoms with Gasteiger partial charge in [-0.05, 0) is 19.4 Å². The van der Waals surface area contributed by atoms with Crippen LogP contribution < -0.4 is 10.6 Å². The van der Waals surface area contributed by atoms with E-state index in [-0.39, 0.29) is 24.9 Å². The van der Waals surface area contributed by atoms with Gasteiger partial charge in [-0.15, -0.1) is 5.10 Å². The van der Waals surface area contributed by atoms with Gasteiger partial charge < -0.3 is 15.7 Å². The molecule has 0 aliphatic carbocycles. The summed E-state index contributed by atoms with van der Waals surface area (Å²) in [5, 5.41) is 22.0. The highest BCUT2D eigenvalue weighted by atomic mass is 16.4. The SMILES string of the molecule is O=C(O)Cn1cc(CNC(=O)[C@@H]2CCCNC2)nn1. The van der Waals surface area contributed by atoms with Gasteiger partial charge >= 0.3 is 5.97 Å². The molecule has 0 saturated carbocycles. The lowest BCUT2D eigenvalue weighted by atomic mass is 9.99. The van der Waals surface area contributed by atoms with Gasteiger partial charge in [-0.1, -0.05) is 5.21 Å². The van der Waals surface area contributed by atoms with Crippen molar-refractivity contribution in [1.82, 2.24) is 25.6 Å². The highest BCUT2D eigenvalue weighted by Gasteiger charge is 2.20. The third kappa shape index (κ3) is 4.02. The molecule has 1 amide bonds. The van der Waals surface area contributed by atoms with Crippen LogP contribution >= 0.6 is 0 Å². The molecule has 19 heavy (non-hydrogen) atoms. The number of rotatable bonds is 5. The molecular formula is C11H17N5O3. The Labute approximate surface area is 110 Å². The van der Waals surface area contributed by atoms with Gasteiger partial charge in [-0.2, -0.15) is 0 Å². The lowest BCUT2D eigenvalue weighted by Crippen LogP contribution is -2.40. The fourth-order valence-corrected chi connectivity index (χ4v) is 2.03. The molecule has 2 heterocycles. The van der Waals surface area contributed by atoms with E-state index in [1.54, 1.807) is 0 Å². The fourth-order valence-electron chi connectivity index (χ4n) is 2.03. The third-order valence-corrected chi connectivity index (χ3v) is 2.99. The van der Waals surface area contributed by atoms with Crippen LogP contribution in [0.15, 0.2) is 6.20 Å². The highest BCUT2D eigenvalue weighted by Crippen LogP contribution is 2.09. The van der Waals surface area contributed by atoms with E-state index in [1.807, 2.05) is 0 Å². The average Bonchev–Trinajstić information content (AvgIpc) is 2.84. The summed E-state index contributed by atoms with van der Waals surface area (Å²) in [6.07, 6.45) is 3.42. The number of aliphatic carboxylic acids is 1. The van der Waals surface area contributed by atoms with Crippen LogP contribution in [0.3, 0.4) is 0 Å². The maximum absolute atomic E-state index is 11.9. The van der Waals surface area contributed by atoms with Crippen molar-refractivity contribution in [2.45, 2.75) is 25.9 Å². The van der Waals surface area contributed by atoms with Crippen LogP contribution in [-0.2, 0) is 22.7 Å². The van der Waals surface area contributed by atoms with E-state index < -0.39 is 5.97 Å². The number of amides is 1. The monoisotopic (exact) mass is 267 g/mol. The minimum atomic E-state index is -0.978. The lowest BCUT2D eigenvalue weighted by molar-refractivity contribution is -0.138. The lowest BCUT2D eigenvalue weighted by Gasteiger charge is -2.21. The Hall–Kier alpha value is -1.96. The van der Waals surface area contributed by atoms with Crippen LogP contribution in [0.25, 0.3) is 0 Å². The van der Waals surface area contributed by atoms with E-state index in [1.165, 1.54) is 10.9 Å². The Morgan fingerprint density at radius 1 is 1.58 bits per heavy atom. The van der Waals surface area contributed by atoms with Crippen molar-refractivity contribution < 1.29 is 14.7 Å². The molecule has 0 spiro atoms. The number of carbonyl (C=O) groups excluding carboxylic acids is 1. The predicted octanol–water partition coefficient (Wildman–Crippen LogP) is -1.02. The van der Waals surface area contributed by atoms with Gasteiger partial charge in [-0.25, -0.2) is 4.68 Å². The Morgan fingerprint density at radius 2 is 2.42 bits per heavy atom. The van der Waals surface area contributed by atoms with E-state index in [0.29, 0.717) is 12.2 Å². The van der Waals surface area contributed by atoms with Gasteiger partial charge in [0.05, 0.1) is 18.7 Å². The van der Waals surface area contributed by atoms with Crippen LogP contribution in [0.5, 0.6) is 0 Å². The predicted molar refractivity (Wildman–Crippen MR) is 65.1 cm³/mol. The van der Waals surface area contributed by atoms with Gasteiger partial charge in [0.1, 0.15) is 12.2 Å². The Kier molecular flexibility index (Phi) is 4.45. The van der Waals surface area contributed by atoms with E-state index in [2.05, 4.69) is 20.9 Å². The van der Waals surface area contributed by atoms with Crippen LogP contribution in [-0.4, -0.2) is 45.1 Å². The topological polar surface area (TPSA) is 109 Å². The number of piperidine rings is 1. The zero-order valence-electron chi connectivity index (χ0n) is 10.5. The van der Waals surface area contributed by atoms with E-state index in [4.69, 9.17) is 5.11 Å². The standard InChI is InChI=1S/C11H17N5O3/c17-10(18)7-16-6-9(14-15-16)5-13-11(19)8-2-1-3-12-4-8/h6,8,12H,1-5,7H2,(H,13,19)(H,17,18)/t8-/m1/s1. The molecule has 1 fully saturated rings. The first-order chi connectivity index (χ1) is 9.15. The molecule has 1 aliphatic rings. The molecule has 0 unspecified atom stereocenters. The van der Waals surface area contributed by atoms with Gasteiger partial charge in [0.15, 0.2) is 0 Å². The molecule has 104 valence electrons. The maximum atomic E-state index is 11.9. The quantitative estimate of drug-likeness (QED) is 0.630. The zero-order valence-corrected chi connectivity index (χ0v) is 10.5. The molecule has 1 atom stereocenters. The van der Waals surface area contributed by atoms with Crippen molar-refractivity contribution in [3.63, 3.8) is 0 Å². The summed E-state index contributed by atoms with van der Waals surface area (Å²) >= 11 is 0. The van der Waals surface area contributed by atoms with Crippen molar-refractivity contribution in [1.29, 1.82) is 0 Å². The Balaban J connectivity index is 1.79. The molecule has 8 nitrogen and oxygen atoms in total. The first-order valence-corrected chi connectivity index (χ1v) is 6.24. The molecule has 0 aromatic carbocycles. The van der Waals surface area contributed by atoms with Crippen LogP contribution in [0, 0.1) is 5.92 Å². The average molecular weight is 267 g/mol. The van der Waals surface area contributed by atoms with E-state index in [9.17, 15) is 9.59 Å². The number of carboxylic acid groups (broad SMARTS) is 1. The summed E-state index contributed by atoms with van der Waals surface area (Å²) in [5.41, 5.74) is 0.554. The van der Waals surface area contributed by atoms with Gasteiger partial charge in [0, 0.05) is 6.54 Å². The second-order valence-electron chi connectivity index (χ2n) is 4.56. The molecule has 1 aliphatic heterocycles. The third-order valence-electron chi connectivity index (χ3n) is 2.99.